The molecule has 0 bridgehead atoms. The molecule has 0 aromatic carbocycles. The van der Waals surface area contributed by atoms with Gasteiger partial charge >= 0.3 is 0 Å². The maximum Gasteiger partial charge on any atom is 0.226 e. The summed E-state index contributed by atoms with van der Waals surface area (Å²) >= 11 is 2.16. The Morgan fingerprint density at radius 3 is 2.19 bits per heavy atom. The Morgan fingerprint density at radius 1 is 0.919 bits per heavy atom. The molecular weight excluding hydrogens is 514 g/mol. The number of aliphatic hydroxyl groups excluding tert-OH is 4. The van der Waals surface area contributed by atoms with Gasteiger partial charge in [-0.1, -0.05) is 93.5 Å². The summed E-state index contributed by atoms with van der Waals surface area (Å²) in [5, 5.41) is 50.2. The summed E-state index contributed by atoms with van der Waals surface area (Å²) in [6.45, 7) is 1.76. The molecule has 1 aliphatic heterocycles. The van der Waals surface area contributed by atoms with Gasteiger partial charge in [-0.15, -0.1) is 10.2 Å². The highest BCUT2D eigenvalue weighted by atomic mass is 32.2. The molecule has 0 radical (unpaired) electrons. The van der Waals surface area contributed by atoms with Crippen LogP contribution in [0.15, 0.2) is 16.5 Å². The summed E-state index contributed by atoms with van der Waals surface area (Å²) in [6, 6.07) is 0. The van der Waals surface area contributed by atoms with E-state index < -0.39 is 36.5 Å². The number of aromatic nitrogens is 2. The number of carbonyl (C=O) groups excluding carboxylic acids is 1. The van der Waals surface area contributed by atoms with Gasteiger partial charge in [0.15, 0.2) is 4.34 Å². The van der Waals surface area contributed by atoms with Crippen LogP contribution in [0.1, 0.15) is 96.8 Å². The second kappa shape index (κ2) is 19.1. The molecule has 0 unspecified atom stereocenters. The van der Waals surface area contributed by atoms with Gasteiger partial charge in [-0.2, -0.15) is 0 Å². The summed E-state index contributed by atoms with van der Waals surface area (Å²) < 4.78 is 5.89. The largest absolute Gasteiger partial charge is 0.394 e. The first-order chi connectivity index (χ1) is 18.0. The molecule has 0 aliphatic carbocycles. The molecule has 1 aromatic heterocycles. The number of nitrogens with one attached hydrogen (secondary N) is 1. The lowest BCUT2D eigenvalue weighted by molar-refractivity contribution is -0.205. The SMILES string of the molecule is CCCCCCCC/C=C\CCCCCCCC(=O)Nc1nnc(S[C@@H]2O[C@H](CO)[C@H](O)[C@H](O)[C@H]2O)s1. The molecule has 37 heavy (non-hydrogen) atoms. The van der Waals surface area contributed by atoms with Gasteiger partial charge in [-0.3, -0.25) is 4.79 Å². The van der Waals surface area contributed by atoms with E-state index >= 15 is 0 Å². The van der Waals surface area contributed by atoms with Gasteiger partial charge in [0.25, 0.3) is 0 Å². The molecule has 0 saturated carbocycles. The molecular formula is C26H45N3O6S2. The Bertz CT molecular complexity index is 779. The number of nitrogens with zero attached hydrogens (tertiary/aromatic N) is 2. The third-order valence-corrected chi connectivity index (χ3v) is 8.46. The first-order valence-electron chi connectivity index (χ1n) is 13.7. The average Bonchev–Trinajstić information content (AvgIpc) is 3.33. The Hall–Kier alpha value is -1.08. The van der Waals surface area contributed by atoms with E-state index in [2.05, 4.69) is 34.6 Å². The van der Waals surface area contributed by atoms with Gasteiger partial charge in [0.05, 0.1) is 6.61 Å². The monoisotopic (exact) mass is 559 g/mol. The Labute approximate surface area is 229 Å². The van der Waals surface area contributed by atoms with Crippen LogP contribution >= 0.6 is 23.1 Å². The lowest BCUT2D eigenvalue weighted by atomic mass is 10.0. The van der Waals surface area contributed by atoms with Crippen LogP contribution in [0, 0.1) is 0 Å². The molecule has 0 spiro atoms. The van der Waals surface area contributed by atoms with Crippen molar-refractivity contribution in [1.29, 1.82) is 0 Å². The number of ether oxygens (including phenoxy) is 1. The minimum Gasteiger partial charge on any atom is -0.394 e. The highest BCUT2D eigenvalue weighted by molar-refractivity contribution is 8.01. The summed E-state index contributed by atoms with van der Waals surface area (Å²) in [7, 11) is 0. The van der Waals surface area contributed by atoms with E-state index in [0.717, 1.165) is 48.8 Å². The van der Waals surface area contributed by atoms with Gasteiger partial charge in [-0.05, 0) is 32.1 Å². The number of hydrogen-bond donors (Lipinski definition) is 5. The number of amides is 1. The predicted octanol–water partition coefficient (Wildman–Crippen LogP) is 4.41. The zero-order chi connectivity index (χ0) is 26.9. The highest BCUT2D eigenvalue weighted by Gasteiger charge is 2.44. The molecule has 2 heterocycles. The fourth-order valence-electron chi connectivity index (χ4n) is 4.11. The topological polar surface area (TPSA) is 145 Å². The second-order valence-electron chi connectivity index (χ2n) is 9.57. The maximum absolute atomic E-state index is 12.2. The van der Waals surface area contributed by atoms with Gasteiger partial charge in [-0.25, -0.2) is 0 Å². The number of hydrogen-bond acceptors (Lipinski definition) is 10. The molecule has 212 valence electrons. The number of unbranched alkanes of at least 4 members (excludes halogenated alkanes) is 11. The van der Waals surface area contributed by atoms with Crippen LogP contribution in [0.3, 0.4) is 0 Å². The van der Waals surface area contributed by atoms with E-state index in [-0.39, 0.29) is 5.91 Å². The lowest BCUT2D eigenvalue weighted by Gasteiger charge is -2.39. The van der Waals surface area contributed by atoms with Crippen molar-refractivity contribution in [3.05, 3.63) is 12.2 Å². The molecule has 1 aliphatic rings. The third kappa shape index (κ3) is 12.5. The Morgan fingerprint density at radius 2 is 1.54 bits per heavy atom. The standard InChI is InChI=1S/C26H45N3O6S2/c1-2-3-4-5-6-7-8-9-10-11-12-13-14-15-16-17-20(31)27-25-28-29-26(37-25)36-24-23(34)22(33)21(32)19(18-30)35-24/h9-10,19,21-24,30,32-34H,2-8,11-18H2,1H3,(H,27,28,31)/b10-9-/t19-,21+,22+,23-,24+/m1/s1. The van der Waals surface area contributed by atoms with E-state index in [0.29, 0.717) is 15.9 Å². The van der Waals surface area contributed by atoms with Gasteiger partial charge < -0.3 is 30.5 Å². The third-order valence-electron chi connectivity index (χ3n) is 6.38. The van der Waals surface area contributed by atoms with Crippen LogP contribution in [-0.2, 0) is 9.53 Å². The van der Waals surface area contributed by atoms with Crippen LogP contribution in [0.25, 0.3) is 0 Å². The van der Waals surface area contributed by atoms with E-state index in [4.69, 9.17) is 4.74 Å². The Balaban J connectivity index is 1.52. The number of allylic oxidation sites excluding steroid dienone is 2. The summed E-state index contributed by atoms with van der Waals surface area (Å²) in [4.78, 5) is 12.2. The molecule has 2 rings (SSSR count). The molecule has 1 fully saturated rings. The second-order valence-corrected chi connectivity index (χ2v) is 11.9. The van der Waals surface area contributed by atoms with Crippen molar-refractivity contribution in [2.24, 2.45) is 0 Å². The van der Waals surface area contributed by atoms with E-state index in [1.165, 1.54) is 57.8 Å². The molecule has 5 atom stereocenters. The van der Waals surface area contributed by atoms with Crippen molar-refractivity contribution in [2.75, 3.05) is 11.9 Å². The fourth-order valence-corrected chi connectivity index (χ4v) is 6.10. The minimum atomic E-state index is -1.44. The molecule has 1 amide bonds. The van der Waals surface area contributed by atoms with E-state index in [9.17, 15) is 25.2 Å². The normalized spacial score (nSPS) is 24.1. The highest BCUT2D eigenvalue weighted by Crippen LogP contribution is 2.35. The van der Waals surface area contributed by atoms with E-state index in [1.54, 1.807) is 0 Å². The smallest absolute Gasteiger partial charge is 0.226 e. The number of rotatable bonds is 19. The summed E-state index contributed by atoms with van der Waals surface area (Å²) in [5.74, 6) is -0.113. The molecule has 1 saturated heterocycles. The minimum absolute atomic E-state index is 0.113. The zero-order valence-corrected chi connectivity index (χ0v) is 23.6. The van der Waals surface area contributed by atoms with Crippen LogP contribution in [0.2, 0.25) is 0 Å². The lowest BCUT2D eigenvalue weighted by Crippen LogP contribution is -2.57. The number of anilines is 1. The molecule has 1 aromatic rings. The van der Waals surface area contributed by atoms with Crippen LogP contribution < -0.4 is 5.32 Å². The van der Waals surface area contributed by atoms with Crippen molar-refractivity contribution in [2.45, 2.75) is 131 Å². The first kappa shape index (κ1) is 32.1. The Kier molecular flexibility index (Phi) is 16.5. The average molecular weight is 560 g/mol. The maximum atomic E-state index is 12.2. The van der Waals surface area contributed by atoms with Crippen molar-refractivity contribution in [3.63, 3.8) is 0 Å². The first-order valence-corrected chi connectivity index (χ1v) is 15.4. The van der Waals surface area contributed by atoms with Crippen LogP contribution in [0.4, 0.5) is 5.13 Å². The summed E-state index contributed by atoms with van der Waals surface area (Å²) in [6.07, 6.45) is 15.6. The number of thioether (sulfide) groups is 1. The van der Waals surface area contributed by atoms with Gasteiger partial charge in [0, 0.05) is 6.42 Å². The van der Waals surface area contributed by atoms with E-state index in [1.807, 2.05) is 0 Å². The fraction of sp³-hybridized carbons (Fsp3) is 0.808. The predicted molar refractivity (Wildman–Crippen MR) is 148 cm³/mol. The molecule has 9 nitrogen and oxygen atoms in total. The number of carbonyl (C=O) groups is 1. The van der Waals surface area contributed by atoms with Crippen molar-refractivity contribution in [3.8, 4) is 0 Å². The van der Waals surface area contributed by atoms with Gasteiger partial charge in [0.2, 0.25) is 11.0 Å². The van der Waals surface area contributed by atoms with Crippen LogP contribution in [0.5, 0.6) is 0 Å². The molecule has 5 N–H and O–H groups in total. The van der Waals surface area contributed by atoms with Crippen molar-refractivity contribution in [1.82, 2.24) is 10.2 Å². The summed E-state index contributed by atoms with van der Waals surface area (Å²) in [5.41, 5.74) is -0.928. The van der Waals surface area contributed by atoms with Crippen molar-refractivity contribution >= 4 is 34.1 Å². The van der Waals surface area contributed by atoms with Crippen molar-refractivity contribution < 1.29 is 30.0 Å². The quantitative estimate of drug-likeness (QED) is 0.0945. The molecule has 11 heteroatoms. The number of aliphatic hydroxyl groups is 4. The van der Waals surface area contributed by atoms with Gasteiger partial charge in [0.1, 0.15) is 29.9 Å². The zero-order valence-electron chi connectivity index (χ0n) is 22.0. The van der Waals surface area contributed by atoms with Crippen LogP contribution in [-0.4, -0.2) is 73.0 Å².